The molecule has 0 radical (unpaired) electrons. The predicted molar refractivity (Wildman–Crippen MR) is 103 cm³/mol. The van der Waals surface area contributed by atoms with E-state index in [0.717, 1.165) is 19.6 Å². The Kier molecular flexibility index (Phi) is 5.96. The van der Waals surface area contributed by atoms with E-state index in [-0.39, 0.29) is 4.90 Å². The van der Waals surface area contributed by atoms with Crippen LogP contribution in [0.2, 0.25) is 0 Å². The van der Waals surface area contributed by atoms with Gasteiger partial charge in [0.15, 0.2) is 9.84 Å². The Labute approximate surface area is 155 Å². The summed E-state index contributed by atoms with van der Waals surface area (Å²) in [5, 5.41) is 0. The number of hydrogen-bond acceptors (Lipinski definition) is 5. The van der Waals surface area contributed by atoms with Crippen LogP contribution in [0.15, 0.2) is 59.5 Å². The van der Waals surface area contributed by atoms with Crippen LogP contribution in [0.3, 0.4) is 0 Å². The molecule has 1 aliphatic rings. The van der Waals surface area contributed by atoms with Crippen molar-refractivity contribution >= 4 is 9.84 Å². The Morgan fingerprint density at radius 3 is 2.58 bits per heavy atom. The molecule has 2 N–H and O–H groups in total. The first kappa shape index (κ1) is 18.9. The SMILES string of the molecule is CS(=O)(=O)c1cccc(OCCN2C[C@@H](CN)[C@H](c3ccccc3)C2)c1. The average molecular weight is 375 g/mol. The van der Waals surface area contributed by atoms with Crippen molar-refractivity contribution in [2.45, 2.75) is 10.8 Å². The molecule has 0 unspecified atom stereocenters. The maximum atomic E-state index is 11.6. The second kappa shape index (κ2) is 8.20. The zero-order chi connectivity index (χ0) is 18.6. The number of nitrogens with zero attached hydrogens (tertiary/aromatic N) is 1. The van der Waals surface area contributed by atoms with Gasteiger partial charge in [0, 0.05) is 31.8 Å². The van der Waals surface area contributed by atoms with Crippen molar-refractivity contribution in [2.75, 3.05) is 39.0 Å². The quantitative estimate of drug-likeness (QED) is 0.804. The molecule has 2 atom stereocenters. The summed E-state index contributed by atoms with van der Waals surface area (Å²) >= 11 is 0. The average Bonchev–Trinajstić information content (AvgIpc) is 3.05. The highest BCUT2D eigenvalue weighted by Gasteiger charge is 2.32. The van der Waals surface area contributed by atoms with Gasteiger partial charge in [-0.1, -0.05) is 36.4 Å². The first-order valence-corrected chi connectivity index (χ1v) is 10.8. The number of hydrogen-bond donors (Lipinski definition) is 1. The monoisotopic (exact) mass is 374 g/mol. The molecule has 0 spiro atoms. The fourth-order valence-corrected chi connectivity index (χ4v) is 4.20. The smallest absolute Gasteiger partial charge is 0.175 e. The summed E-state index contributed by atoms with van der Waals surface area (Å²) in [7, 11) is -3.22. The third-order valence-electron chi connectivity index (χ3n) is 4.96. The maximum Gasteiger partial charge on any atom is 0.175 e. The molecule has 140 valence electrons. The van der Waals surface area contributed by atoms with Crippen molar-refractivity contribution < 1.29 is 13.2 Å². The van der Waals surface area contributed by atoms with Crippen LogP contribution in [-0.4, -0.2) is 52.4 Å². The fraction of sp³-hybridized carbons (Fsp3) is 0.400. The van der Waals surface area contributed by atoms with E-state index in [0.29, 0.717) is 30.7 Å². The van der Waals surface area contributed by atoms with Gasteiger partial charge in [0.2, 0.25) is 0 Å². The summed E-state index contributed by atoms with van der Waals surface area (Å²) in [6.07, 6.45) is 1.20. The summed E-state index contributed by atoms with van der Waals surface area (Å²) in [4.78, 5) is 2.65. The highest BCUT2D eigenvalue weighted by atomic mass is 32.2. The second-order valence-electron chi connectivity index (χ2n) is 6.87. The summed E-state index contributed by atoms with van der Waals surface area (Å²) in [5.74, 6) is 1.49. The molecule has 0 bridgehead atoms. The van der Waals surface area contributed by atoms with Crippen LogP contribution < -0.4 is 10.5 Å². The minimum absolute atomic E-state index is 0.281. The maximum absolute atomic E-state index is 11.6. The summed E-state index contributed by atoms with van der Waals surface area (Å²) in [6.45, 7) is 3.92. The van der Waals surface area contributed by atoms with E-state index in [1.807, 2.05) is 6.07 Å². The largest absolute Gasteiger partial charge is 0.492 e. The Balaban J connectivity index is 1.56. The zero-order valence-electron chi connectivity index (χ0n) is 15.0. The molecular formula is C20H26N2O3S. The lowest BCUT2D eigenvalue weighted by Gasteiger charge is -2.17. The van der Waals surface area contributed by atoms with Crippen molar-refractivity contribution in [3.05, 3.63) is 60.2 Å². The third-order valence-corrected chi connectivity index (χ3v) is 6.07. The lowest BCUT2D eigenvalue weighted by molar-refractivity contribution is 0.232. The number of rotatable bonds is 7. The normalized spacial score (nSPS) is 21.0. The van der Waals surface area contributed by atoms with Crippen LogP contribution >= 0.6 is 0 Å². The second-order valence-corrected chi connectivity index (χ2v) is 8.88. The number of ether oxygens (including phenoxy) is 1. The topological polar surface area (TPSA) is 72.6 Å². The Morgan fingerprint density at radius 2 is 1.88 bits per heavy atom. The Bertz CT molecular complexity index is 824. The van der Waals surface area contributed by atoms with Gasteiger partial charge in [0.25, 0.3) is 0 Å². The highest BCUT2D eigenvalue weighted by molar-refractivity contribution is 7.90. The van der Waals surface area contributed by atoms with Gasteiger partial charge in [0.1, 0.15) is 12.4 Å². The van der Waals surface area contributed by atoms with E-state index in [9.17, 15) is 8.42 Å². The van der Waals surface area contributed by atoms with E-state index >= 15 is 0 Å². The van der Waals surface area contributed by atoms with Crippen molar-refractivity contribution in [2.24, 2.45) is 11.7 Å². The molecule has 6 heteroatoms. The van der Waals surface area contributed by atoms with Gasteiger partial charge in [0.05, 0.1) is 4.90 Å². The van der Waals surface area contributed by atoms with E-state index in [2.05, 4.69) is 29.2 Å². The van der Waals surface area contributed by atoms with E-state index in [4.69, 9.17) is 10.5 Å². The standard InChI is InChI=1S/C20H26N2O3S/c1-26(23,24)19-9-5-8-18(12-19)25-11-10-22-14-17(13-21)20(15-22)16-6-3-2-4-7-16/h2-9,12,17,20H,10-11,13-15,21H2,1H3/t17-,20+/m1/s1. The van der Waals surface area contributed by atoms with Crippen LogP contribution in [0, 0.1) is 5.92 Å². The van der Waals surface area contributed by atoms with Gasteiger partial charge in [-0.2, -0.15) is 0 Å². The molecule has 0 aliphatic carbocycles. The molecular weight excluding hydrogens is 348 g/mol. The Morgan fingerprint density at radius 1 is 1.12 bits per heavy atom. The molecule has 5 nitrogen and oxygen atoms in total. The molecule has 2 aromatic carbocycles. The summed E-state index contributed by atoms with van der Waals surface area (Å²) < 4.78 is 29.0. The number of nitrogens with two attached hydrogens (primary N) is 1. The molecule has 2 aromatic rings. The molecule has 1 aliphatic heterocycles. The van der Waals surface area contributed by atoms with Gasteiger partial charge in [-0.25, -0.2) is 8.42 Å². The Hall–Kier alpha value is -1.89. The van der Waals surface area contributed by atoms with Crippen molar-refractivity contribution in [3.63, 3.8) is 0 Å². The van der Waals surface area contributed by atoms with Gasteiger partial charge >= 0.3 is 0 Å². The highest BCUT2D eigenvalue weighted by Crippen LogP contribution is 2.31. The van der Waals surface area contributed by atoms with E-state index in [1.54, 1.807) is 24.3 Å². The van der Waals surface area contributed by atoms with E-state index < -0.39 is 9.84 Å². The molecule has 1 fully saturated rings. The van der Waals surface area contributed by atoms with Crippen LogP contribution in [0.25, 0.3) is 0 Å². The van der Waals surface area contributed by atoms with Gasteiger partial charge in [-0.3, -0.25) is 4.90 Å². The van der Waals surface area contributed by atoms with Crippen molar-refractivity contribution in [3.8, 4) is 5.75 Å². The molecule has 3 rings (SSSR count). The summed E-state index contributed by atoms with van der Waals surface area (Å²) in [5.41, 5.74) is 7.33. The zero-order valence-corrected chi connectivity index (χ0v) is 15.9. The van der Waals surface area contributed by atoms with Gasteiger partial charge < -0.3 is 10.5 Å². The van der Waals surface area contributed by atoms with Gasteiger partial charge in [-0.05, 0) is 36.2 Å². The van der Waals surface area contributed by atoms with Gasteiger partial charge in [-0.15, -0.1) is 0 Å². The lowest BCUT2D eigenvalue weighted by atomic mass is 9.89. The molecule has 1 saturated heterocycles. The minimum Gasteiger partial charge on any atom is -0.492 e. The first-order valence-electron chi connectivity index (χ1n) is 8.87. The molecule has 0 aromatic heterocycles. The van der Waals surface area contributed by atoms with Crippen molar-refractivity contribution in [1.82, 2.24) is 4.90 Å². The number of likely N-dealkylation sites (tertiary alicyclic amines) is 1. The van der Waals surface area contributed by atoms with Crippen molar-refractivity contribution in [1.29, 1.82) is 0 Å². The van der Waals surface area contributed by atoms with Crippen LogP contribution in [-0.2, 0) is 9.84 Å². The molecule has 0 amide bonds. The summed E-state index contributed by atoms with van der Waals surface area (Å²) in [6, 6.07) is 17.2. The van der Waals surface area contributed by atoms with Crippen LogP contribution in [0.4, 0.5) is 0 Å². The number of benzene rings is 2. The van der Waals surface area contributed by atoms with Crippen LogP contribution in [0.1, 0.15) is 11.5 Å². The number of sulfone groups is 1. The lowest BCUT2D eigenvalue weighted by Crippen LogP contribution is -2.27. The molecule has 1 heterocycles. The minimum atomic E-state index is -3.22. The molecule has 26 heavy (non-hydrogen) atoms. The first-order chi connectivity index (χ1) is 12.5. The third kappa shape index (κ3) is 4.63. The van der Waals surface area contributed by atoms with Crippen LogP contribution in [0.5, 0.6) is 5.75 Å². The predicted octanol–water partition coefficient (Wildman–Crippen LogP) is 2.14. The molecule has 0 saturated carbocycles. The fourth-order valence-electron chi connectivity index (χ4n) is 3.55. The van der Waals surface area contributed by atoms with E-state index in [1.165, 1.54) is 11.8 Å².